The van der Waals surface area contributed by atoms with Crippen LogP contribution >= 0.6 is 0 Å². The smallest absolute Gasteiger partial charge is 0.244 e. The van der Waals surface area contributed by atoms with Crippen LogP contribution in [0.25, 0.3) is 11.5 Å². The molecule has 2 aromatic rings. The zero-order valence-electron chi connectivity index (χ0n) is 9.58. The van der Waals surface area contributed by atoms with E-state index in [0.717, 1.165) is 0 Å². The third kappa shape index (κ3) is 1.96. The van der Waals surface area contributed by atoms with Gasteiger partial charge in [0.2, 0.25) is 11.7 Å². The van der Waals surface area contributed by atoms with Crippen molar-refractivity contribution in [1.29, 1.82) is 0 Å². The van der Waals surface area contributed by atoms with E-state index in [1.165, 1.54) is 0 Å². The van der Waals surface area contributed by atoms with Crippen molar-refractivity contribution in [1.82, 2.24) is 19.9 Å². The summed E-state index contributed by atoms with van der Waals surface area (Å²) in [6.07, 6.45) is 1.83. The maximum Gasteiger partial charge on any atom is 0.244 e. The van der Waals surface area contributed by atoms with Crippen molar-refractivity contribution in [2.24, 2.45) is 18.7 Å². The lowest BCUT2D eigenvalue weighted by Gasteiger charge is -2.08. The van der Waals surface area contributed by atoms with Gasteiger partial charge in [0.25, 0.3) is 0 Å². The van der Waals surface area contributed by atoms with E-state index in [-0.39, 0.29) is 12.0 Å². The highest BCUT2D eigenvalue weighted by molar-refractivity contribution is 5.46. The van der Waals surface area contributed by atoms with Gasteiger partial charge in [0.1, 0.15) is 5.69 Å². The van der Waals surface area contributed by atoms with Crippen LogP contribution in [0, 0.1) is 5.92 Å². The molecule has 0 saturated carbocycles. The van der Waals surface area contributed by atoms with E-state index < -0.39 is 0 Å². The second-order valence-electron chi connectivity index (χ2n) is 4.10. The fourth-order valence-electron chi connectivity index (χ4n) is 1.29. The summed E-state index contributed by atoms with van der Waals surface area (Å²) in [4.78, 5) is 4.24. The summed E-state index contributed by atoms with van der Waals surface area (Å²) in [5.41, 5.74) is 6.60. The van der Waals surface area contributed by atoms with E-state index in [0.29, 0.717) is 17.4 Å². The van der Waals surface area contributed by atoms with Gasteiger partial charge in [0.05, 0.1) is 6.04 Å². The van der Waals surface area contributed by atoms with Crippen LogP contribution in [0.4, 0.5) is 0 Å². The Morgan fingerprint density at radius 3 is 2.75 bits per heavy atom. The molecule has 0 aliphatic rings. The molecule has 6 nitrogen and oxygen atoms in total. The van der Waals surface area contributed by atoms with Crippen molar-refractivity contribution in [2.75, 3.05) is 0 Å². The molecular weight excluding hydrogens is 206 g/mol. The molecule has 2 heterocycles. The van der Waals surface area contributed by atoms with Gasteiger partial charge in [0, 0.05) is 13.2 Å². The monoisotopic (exact) mass is 221 g/mol. The number of rotatable bonds is 3. The number of nitrogens with zero attached hydrogens (tertiary/aromatic N) is 4. The molecule has 0 amide bonds. The number of hydrogen-bond donors (Lipinski definition) is 1. The molecule has 2 rings (SSSR count). The molecular formula is C10H15N5O. The molecule has 0 fully saturated rings. The van der Waals surface area contributed by atoms with Crippen molar-refractivity contribution in [3.05, 3.63) is 18.2 Å². The van der Waals surface area contributed by atoms with E-state index in [2.05, 4.69) is 15.2 Å². The Bertz CT molecular complexity index is 473. The molecule has 0 bridgehead atoms. The van der Waals surface area contributed by atoms with Gasteiger partial charge in [-0.2, -0.15) is 10.1 Å². The largest absolute Gasteiger partial charge is 0.337 e. The second kappa shape index (κ2) is 4.05. The molecule has 0 spiro atoms. The van der Waals surface area contributed by atoms with Crippen molar-refractivity contribution >= 4 is 0 Å². The molecule has 1 atom stereocenters. The number of aryl methyl sites for hydroxylation is 1. The lowest BCUT2D eigenvalue weighted by molar-refractivity contribution is 0.325. The lowest BCUT2D eigenvalue weighted by Crippen LogP contribution is -2.16. The van der Waals surface area contributed by atoms with E-state index in [4.69, 9.17) is 10.3 Å². The summed E-state index contributed by atoms with van der Waals surface area (Å²) >= 11 is 0. The molecule has 0 saturated heterocycles. The van der Waals surface area contributed by atoms with Crippen LogP contribution in [-0.2, 0) is 7.05 Å². The summed E-state index contributed by atoms with van der Waals surface area (Å²) < 4.78 is 6.80. The van der Waals surface area contributed by atoms with E-state index in [1.54, 1.807) is 4.68 Å². The summed E-state index contributed by atoms with van der Waals surface area (Å²) in [6, 6.07) is 1.60. The van der Waals surface area contributed by atoms with Crippen LogP contribution in [0.3, 0.4) is 0 Å². The lowest BCUT2D eigenvalue weighted by atomic mass is 10.1. The number of hydrogen-bond acceptors (Lipinski definition) is 5. The minimum atomic E-state index is -0.232. The molecule has 6 heteroatoms. The van der Waals surface area contributed by atoms with Crippen LogP contribution in [0.2, 0.25) is 0 Å². The predicted molar refractivity (Wildman–Crippen MR) is 58.3 cm³/mol. The van der Waals surface area contributed by atoms with Gasteiger partial charge in [-0.25, -0.2) is 0 Å². The second-order valence-corrected chi connectivity index (χ2v) is 4.10. The highest BCUT2D eigenvalue weighted by Crippen LogP contribution is 2.20. The van der Waals surface area contributed by atoms with Crippen LogP contribution in [0.5, 0.6) is 0 Å². The van der Waals surface area contributed by atoms with E-state index in [9.17, 15) is 0 Å². The van der Waals surface area contributed by atoms with E-state index in [1.807, 2.05) is 33.2 Å². The third-order valence-electron chi connectivity index (χ3n) is 2.39. The average molecular weight is 221 g/mol. The summed E-state index contributed by atoms with van der Waals surface area (Å²) in [5.74, 6) is 1.19. The van der Waals surface area contributed by atoms with Gasteiger partial charge in [-0.3, -0.25) is 4.68 Å². The Labute approximate surface area is 93.4 Å². The molecule has 0 unspecified atom stereocenters. The Balaban J connectivity index is 2.26. The van der Waals surface area contributed by atoms with Gasteiger partial charge in [-0.15, -0.1) is 0 Å². The summed E-state index contributed by atoms with van der Waals surface area (Å²) in [7, 11) is 1.84. The molecule has 2 aromatic heterocycles. The topological polar surface area (TPSA) is 82.8 Å². The van der Waals surface area contributed by atoms with Gasteiger partial charge in [-0.05, 0) is 12.0 Å². The molecule has 86 valence electrons. The summed E-state index contributed by atoms with van der Waals surface area (Å²) in [5, 5.41) is 8.05. The average Bonchev–Trinajstić information content (AvgIpc) is 2.84. The van der Waals surface area contributed by atoms with Crippen molar-refractivity contribution in [2.45, 2.75) is 19.9 Å². The highest BCUT2D eigenvalue weighted by Gasteiger charge is 2.19. The number of nitrogens with two attached hydrogens (primary N) is 1. The first-order valence-electron chi connectivity index (χ1n) is 5.17. The first-order valence-corrected chi connectivity index (χ1v) is 5.17. The van der Waals surface area contributed by atoms with E-state index >= 15 is 0 Å². The van der Waals surface area contributed by atoms with Crippen LogP contribution < -0.4 is 5.73 Å². The standard InChI is InChI=1S/C10H15N5O/c1-6(2)8(11)10-12-9(14-16-10)7-4-5-15(3)13-7/h4-6,8H,11H2,1-3H3/t8-/m0/s1. The molecule has 2 N–H and O–H groups in total. The zero-order valence-corrected chi connectivity index (χ0v) is 9.58. The molecule has 0 aromatic carbocycles. The maximum atomic E-state index is 5.91. The highest BCUT2D eigenvalue weighted by atomic mass is 16.5. The quantitative estimate of drug-likeness (QED) is 0.839. The van der Waals surface area contributed by atoms with Crippen molar-refractivity contribution in [3.8, 4) is 11.5 Å². The summed E-state index contributed by atoms with van der Waals surface area (Å²) in [6.45, 7) is 4.02. The maximum absolute atomic E-state index is 5.91. The Morgan fingerprint density at radius 2 is 2.19 bits per heavy atom. The fraction of sp³-hybridized carbons (Fsp3) is 0.500. The predicted octanol–water partition coefficient (Wildman–Crippen LogP) is 1.13. The third-order valence-corrected chi connectivity index (χ3v) is 2.39. The van der Waals surface area contributed by atoms with Gasteiger partial charge >= 0.3 is 0 Å². The van der Waals surface area contributed by atoms with Crippen LogP contribution in [-0.4, -0.2) is 19.9 Å². The van der Waals surface area contributed by atoms with Crippen molar-refractivity contribution < 1.29 is 4.52 Å². The van der Waals surface area contributed by atoms with Crippen LogP contribution in [0.1, 0.15) is 25.8 Å². The fourth-order valence-corrected chi connectivity index (χ4v) is 1.29. The van der Waals surface area contributed by atoms with Crippen molar-refractivity contribution in [3.63, 3.8) is 0 Å². The Morgan fingerprint density at radius 1 is 1.44 bits per heavy atom. The first kappa shape index (κ1) is 10.8. The molecule has 0 aliphatic carbocycles. The van der Waals surface area contributed by atoms with Crippen LogP contribution in [0.15, 0.2) is 16.8 Å². The minimum Gasteiger partial charge on any atom is -0.337 e. The Hall–Kier alpha value is -1.69. The normalized spacial score (nSPS) is 13.3. The minimum absolute atomic E-state index is 0.232. The Kier molecular flexibility index (Phi) is 2.74. The number of aromatic nitrogens is 4. The molecule has 0 aliphatic heterocycles. The van der Waals surface area contributed by atoms with Gasteiger partial charge in [-0.1, -0.05) is 19.0 Å². The van der Waals surface area contributed by atoms with Gasteiger partial charge < -0.3 is 10.3 Å². The first-order chi connectivity index (χ1) is 7.58. The molecule has 16 heavy (non-hydrogen) atoms. The zero-order chi connectivity index (χ0) is 11.7. The van der Waals surface area contributed by atoms with Gasteiger partial charge in [0.15, 0.2) is 0 Å². The SMILES string of the molecule is CC(C)[C@H](N)c1nc(-c2ccn(C)n2)no1. The molecule has 0 radical (unpaired) electrons.